The minimum absolute atomic E-state index is 0.224. The molecule has 0 aliphatic carbocycles. The average Bonchev–Trinajstić information content (AvgIpc) is 2.34. The van der Waals surface area contributed by atoms with Crippen LogP contribution < -0.4 is 5.32 Å². The van der Waals surface area contributed by atoms with Crippen LogP contribution in [0.25, 0.3) is 0 Å². The van der Waals surface area contributed by atoms with E-state index in [4.69, 9.17) is 0 Å². The number of nitrogens with zero attached hydrogens (tertiary/aromatic N) is 1. The normalized spacial score (nSPS) is 12.4. The average molecular weight is 250 g/mol. The molecule has 1 unspecified atom stereocenters. The van der Waals surface area contributed by atoms with Crippen molar-refractivity contribution in [2.24, 2.45) is 0 Å². The zero-order valence-corrected chi connectivity index (χ0v) is 11.4. The first-order valence-corrected chi connectivity index (χ1v) is 6.52. The summed E-state index contributed by atoms with van der Waals surface area (Å²) in [6.45, 7) is 7.15. The van der Waals surface area contributed by atoms with Crippen LogP contribution in [0.1, 0.15) is 37.8 Å². The van der Waals surface area contributed by atoms with E-state index in [9.17, 15) is 10.1 Å². The van der Waals surface area contributed by atoms with Crippen LogP contribution in [0.3, 0.4) is 0 Å². The highest BCUT2D eigenvalue weighted by atomic mass is 16.6. The number of rotatable bonds is 7. The summed E-state index contributed by atoms with van der Waals surface area (Å²) in [5, 5.41) is 14.3. The van der Waals surface area contributed by atoms with Gasteiger partial charge in [0.1, 0.15) is 0 Å². The Morgan fingerprint density at radius 3 is 2.78 bits per heavy atom. The van der Waals surface area contributed by atoms with Crippen molar-refractivity contribution in [2.75, 3.05) is 6.54 Å². The molecule has 0 aliphatic heterocycles. The molecule has 1 aromatic rings. The van der Waals surface area contributed by atoms with E-state index >= 15 is 0 Å². The quantitative estimate of drug-likeness (QED) is 0.597. The molecule has 0 heterocycles. The monoisotopic (exact) mass is 250 g/mol. The molecule has 0 aliphatic rings. The fourth-order valence-electron chi connectivity index (χ4n) is 2.00. The smallest absolute Gasteiger partial charge is 0.272 e. The predicted octanol–water partition coefficient (Wildman–Crippen LogP) is 3.22. The van der Waals surface area contributed by atoms with E-state index < -0.39 is 0 Å². The van der Waals surface area contributed by atoms with Crippen LogP contribution in [0.2, 0.25) is 0 Å². The molecule has 0 saturated carbocycles. The van der Waals surface area contributed by atoms with Gasteiger partial charge in [-0.2, -0.15) is 0 Å². The standard InChI is InChI=1S/C14H22N2O2/c1-4-10-15-11(2)8-9-13-6-5-7-14(12(13)3)16(17)18/h5-7,11,15H,4,8-10H2,1-3H3. The predicted molar refractivity (Wildman–Crippen MR) is 73.9 cm³/mol. The van der Waals surface area contributed by atoms with Gasteiger partial charge in [0.15, 0.2) is 0 Å². The van der Waals surface area contributed by atoms with E-state index in [1.54, 1.807) is 12.1 Å². The van der Waals surface area contributed by atoms with Crippen molar-refractivity contribution in [3.05, 3.63) is 39.4 Å². The summed E-state index contributed by atoms with van der Waals surface area (Å²) in [5.74, 6) is 0. The van der Waals surface area contributed by atoms with Gasteiger partial charge in [-0.05, 0) is 45.2 Å². The summed E-state index contributed by atoms with van der Waals surface area (Å²) >= 11 is 0. The van der Waals surface area contributed by atoms with E-state index in [-0.39, 0.29) is 10.6 Å². The van der Waals surface area contributed by atoms with Gasteiger partial charge in [-0.15, -0.1) is 0 Å². The second-order valence-corrected chi connectivity index (χ2v) is 4.71. The largest absolute Gasteiger partial charge is 0.314 e. The molecule has 0 bridgehead atoms. The van der Waals surface area contributed by atoms with Gasteiger partial charge >= 0.3 is 0 Å². The Labute approximate surface area is 109 Å². The van der Waals surface area contributed by atoms with E-state index in [1.807, 2.05) is 13.0 Å². The van der Waals surface area contributed by atoms with Crippen molar-refractivity contribution < 1.29 is 4.92 Å². The summed E-state index contributed by atoms with van der Waals surface area (Å²) in [7, 11) is 0. The lowest BCUT2D eigenvalue weighted by molar-refractivity contribution is -0.385. The minimum Gasteiger partial charge on any atom is -0.314 e. The van der Waals surface area contributed by atoms with Crippen LogP contribution >= 0.6 is 0 Å². The fourth-order valence-corrected chi connectivity index (χ4v) is 2.00. The van der Waals surface area contributed by atoms with Crippen LogP contribution in [0.4, 0.5) is 5.69 Å². The number of aryl methyl sites for hydroxylation is 1. The molecule has 4 heteroatoms. The molecule has 0 saturated heterocycles. The molecule has 0 aromatic heterocycles. The molecule has 18 heavy (non-hydrogen) atoms. The second-order valence-electron chi connectivity index (χ2n) is 4.71. The highest BCUT2D eigenvalue weighted by molar-refractivity contribution is 5.44. The van der Waals surface area contributed by atoms with Crippen molar-refractivity contribution in [2.45, 2.75) is 46.1 Å². The molecule has 1 atom stereocenters. The molecule has 0 amide bonds. The molecular formula is C14H22N2O2. The number of hydrogen-bond acceptors (Lipinski definition) is 3. The highest BCUT2D eigenvalue weighted by Gasteiger charge is 2.13. The van der Waals surface area contributed by atoms with Crippen molar-refractivity contribution >= 4 is 5.69 Å². The summed E-state index contributed by atoms with van der Waals surface area (Å²) < 4.78 is 0. The van der Waals surface area contributed by atoms with Gasteiger partial charge in [0, 0.05) is 17.7 Å². The third kappa shape index (κ3) is 4.11. The van der Waals surface area contributed by atoms with Crippen molar-refractivity contribution in [1.82, 2.24) is 5.32 Å². The molecule has 0 spiro atoms. The molecule has 0 radical (unpaired) electrons. The zero-order chi connectivity index (χ0) is 13.5. The number of hydrogen-bond donors (Lipinski definition) is 1. The van der Waals surface area contributed by atoms with E-state index in [2.05, 4.69) is 19.2 Å². The maximum atomic E-state index is 10.8. The third-order valence-electron chi connectivity index (χ3n) is 3.20. The summed E-state index contributed by atoms with van der Waals surface area (Å²) in [4.78, 5) is 10.5. The SMILES string of the molecule is CCCNC(C)CCc1cccc([N+](=O)[O-])c1C. The first-order valence-electron chi connectivity index (χ1n) is 6.52. The van der Waals surface area contributed by atoms with E-state index in [0.29, 0.717) is 6.04 Å². The number of nitro benzene ring substituents is 1. The second kappa shape index (κ2) is 7.11. The maximum absolute atomic E-state index is 10.8. The van der Waals surface area contributed by atoms with Crippen LogP contribution in [-0.2, 0) is 6.42 Å². The lowest BCUT2D eigenvalue weighted by Crippen LogP contribution is -2.27. The van der Waals surface area contributed by atoms with Crippen LogP contribution in [0.15, 0.2) is 18.2 Å². The number of nitro groups is 1. The van der Waals surface area contributed by atoms with Gasteiger partial charge in [-0.25, -0.2) is 0 Å². The van der Waals surface area contributed by atoms with E-state index in [0.717, 1.165) is 36.9 Å². The molecule has 1 aromatic carbocycles. The van der Waals surface area contributed by atoms with Crippen molar-refractivity contribution in [1.29, 1.82) is 0 Å². The Kier molecular flexibility index (Phi) is 5.78. The molecule has 1 rings (SSSR count). The molecule has 1 N–H and O–H groups in total. The number of nitrogens with one attached hydrogen (secondary N) is 1. The van der Waals surface area contributed by atoms with Crippen molar-refractivity contribution in [3.63, 3.8) is 0 Å². The molecule has 100 valence electrons. The van der Waals surface area contributed by atoms with Crippen LogP contribution in [0, 0.1) is 17.0 Å². The lowest BCUT2D eigenvalue weighted by atomic mass is 10.00. The first kappa shape index (κ1) is 14.6. The summed E-state index contributed by atoms with van der Waals surface area (Å²) in [6, 6.07) is 5.76. The topological polar surface area (TPSA) is 55.2 Å². The summed E-state index contributed by atoms with van der Waals surface area (Å²) in [6.07, 6.45) is 3.01. The Bertz CT molecular complexity index is 405. The molecule has 4 nitrogen and oxygen atoms in total. The summed E-state index contributed by atoms with van der Waals surface area (Å²) in [5.41, 5.74) is 2.10. The Balaban J connectivity index is 2.62. The zero-order valence-electron chi connectivity index (χ0n) is 11.4. The Morgan fingerprint density at radius 2 is 2.17 bits per heavy atom. The third-order valence-corrected chi connectivity index (χ3v) is 3.20. The van der Waals surface area contributed by atoms with E-state index in [1.165, 1.54) is 0 Å². The van der Waals surface area contributed by atoms with Gasteiger partial charge in [0.05, 0.1) is 4.92 Å². The number of benzene rings is 1. The van der Waals surface area contributed by atoms with Gasteiger partial charge in [-0.3, -0.25) is 10.1 Å². The Morgan fingerprint density at radius 1 is 1.44 bits per heavy atom. The maximum Gasteiger partial charge on any atom is 0.272 e. The van der Waals surface area contributed by atoms with Crippen LogP contribution in [-0.4, -0.2) is 17.5 Å². The first-order chi connectivity index (χ1) is 8.56. The van der Waals surface area contributed by atoms with Crippen molar-refractivity contribution in [3.8, 4) is 0 Å². The Hall–Kier alpha value is -1.42. The molecular weight excluding hydrogens is 228 g/mol. The van der Waals surface area contributed by atoms with Gasteiger partial charge in [0.2, 0.25) is 0 Å². The lowest BCUT2D eigenvalue weighted by Gasteiger charge is -2.13. The molecule has 0 fully saturated rings. The van der Waals surface area contributed by atoms with Gasteiger partial charge < -0.3 is 5.32 Å². The fraction of sp³-hybridized carbons (Fsp3) is 0.571. The minimum atomic E-state index is -0.308. The van der Waals surface area contributed by atoms with Gasteiger partial charge in [0.25, 0.3) is 5.69 Å². The highest BCUT2D eigenvalue weighted by Crippen LogP contribution is 2.22. The van der Waals surface area contributed by atoms with Crippen LogP contribution in [0.5, 0.6) is 0 Å². The van der Waals surface area contributed by atoms with Gasteiger partial charge in [-0.1, -0.05) is 19.1 Å².